The van der Waals surface area contributed by atoms with Crippen LogP contribution < -0.4 is 0 Å². The first-order valence-corrected chi connectivity index (χ1v) is 6.89. The van der Waals surface area contributed by atoms with Crippen LogP contribution in [0.4, 0.5) is 0 Å². The molecule has 18 heavy (non-hydrogen) atoms. The molecule has 0 aromatic carbocycles. The fourth-order valence-corrected chi connectivity index (χ4v) is 1.62. The molecular formula is C17H28O. The van der Waals surface area contributed by atoms with Gasteiger partial charge in [0.05, 0.1) is 0 Å². The first-order valence-electron chi connectivity index (χ1n) is 6.89. The van der Waals surface area contributed by atoms with E-state index in [4.69, 9.17) is 0 Å². The summed E-state index contributed by atoms with van der Waals surface area (Å²) in [6, 6.07) is 0. The van der Waals surface area contributed by atoms with E-state index < -0.39 is 6.10 Å². The summed E-state index contributed by atoms with van der Waals surface area (Å²) in [6.45, 7) is 12.2. The molecule has 0 bridgehead atoms. The van der Waals surface area contributed by atoms with Crippen molar-refractivity contribution in [1.29, 1.82) is 0 Å². The summed E-state index contributed by atoms with van der Waals surface area (Å²) in [5.41, 5.74) is 0.996. The highest BCUT2D eigenvalue weighted by Gasteiger charge is 2.27. The molecule has 0 heterocycles. The normalized spacial score (nSPS) is 14.9. The molecule has 0 spiro atoms. The van der Waals surface area contributed by atoms with Crippen LogP contribution in [0.3, 0.4) is 0 Å². The summed E-state index contributed by atoms with van der Waals surface area (Å²) in [5.74, 6) is 6.02. The van der Waals surface area contributed by atoms with Crippen LogP contribution in [-0.4, -0.2) is 11.2 Å². The van der Waals surface area contributed by atoms with Crippen molar-refractivity contribution in [3.8, 4) is 11.8 Å². The van der Waals surface area contributed by atoms with Crippen LogP contribution in [0.1, 0.15) is 59.8 Å². The molecule has 0 aromatic rings. The molecule has 2 atom stereocenters. The molecule has 0 radical (unpaired) electrons. The molecule has 1 N–H and O–H groups in total. The van der Waals surface area contributed by atoms with Gasteiger partial charge in [0.15, 0.2) is 0 Å². The summed E-state index contributed by atoms with van der Waals surface area (Å²) in [5, 5.41) is 10.2. The van der Waals surface area contributed by atoms with E-state index in [0.29, 0.717) is 0 Å². The lowest BCUT2D eigenvalue weighted by atomic mass is 9.80. The molecule has 0 saturated carbocycles. The van der Waals surface area contributed by atoms with E-state index in [9.17, 15) is 5.11 Å². The summed E-state index contributed by atoms with van der Waals surface area (Å²) in [7, 11) is 0. The maximum atomic E-state index is 10.2. The largest absolute Gasteiger partial charge is 0.379 e. The maximum Gasteiger partial charge on any atom is 0.123 e. The van der Waals surface area contributed by atoms with Gasteiger partial charge >= 0.3 is 0 Å². The van der Waals surface area contributed by atoms with Gasteiger partial charge in [0.25, 0.3) is 0 Å². The molecule has 0 saturated heterocycles. The molecule has 0 aliphatic heterocycles. The van der Waals surface area contributed by atoms with Gasteiger partial charge in [-0.25, -0.2) is 0 Å². The second-order valence-electron chi connectivity index (χ2n) is 5.36. The predicted molar refractivity (Wildman–Crippen MR) is 80.3 cm³/mol. The van der Waals surface area contributed by atoms with Crippen LogP contribution in [0.5, 0.6) is 0 Å². The minimum atomic E-state index is -0.614. The molecule has 1 heteroatoms. The average molecular weight is 248 g/mol. The number of hydrogen-bond acceptors (Lipinski definition) is 1. The summed E-state index contributed by atoms with van der Waals surface area (Å²) in [4.78, 5) is 0. The minimum Gasteiger partial charge on any atom is -0.379 e. The molecule has 1 nitrogen and oxygen atoms in total. The quantitative estimate of drug-likeness (QED) is 0.400. The number of allylic oxidation sites excluding steroid dienone is 2. The zero-order valence-electron chi connectivity index (χ0n) is 12.4. The lowest BCUT2D eigenvalue weighted by Gasteiger charge is -2.27. The zero-order chi connectivity index (χ0) is 14.0. The van der Waals surface area contributed by atoms with Gasteiger partial charge in [0, 0.05) is 11.8 Å². The fraction of sp³-hybridized carbons (Fsp3) is 0.647. The van der Waals surface area contributed by atoms with Gasteiger partial charge in [-0.2, -0.15) is 0 Å². The van der Waals surface area contributed by atoms with E-state index in [-0.39, 0.29) is 5.41 Å². The maximum absolute atomic E-state index is 10.2. The topological polar surface area (TPSA) is 20.2 Å². The Morgan fingerprint density at radius 2 is 2.11 bits per heavy atom. The monoisotopic (exact) mass is 248 g/mol. The van der Waals surface area contributed by atoms with Crippen LogP contribution in [0.15, 0.2) is 24.3 Å². The Balaban J connectivity index is 4.45. The van der Waals surface area contributed by atoms with Gasteiger partial charge in [-0.05, 0) is 33.1 Å². The van der Waals surface area contributed by atoms with Crippen molar-refractivity contribution in [1.82, 2.24) is 0 Å². The van der Waals surface area contributed by atoms with Crippen LogP contribution in [0.25, 0.3) is 0 Å². The summed E-state index contributed by atoms with van der Waals surface area (Å²) < 4.78 is 0. The van der Waals surface area contributed by atoms with E-state index in [1.165, 1.54) is 5.57 Å². The van der Waals surface area contributed by atoms with Gasteiger partial charge in [0.2, 0.25) is 0 Å². The average Bonchev–Trinajstić information content (AvgIpc) is 2.33. The third kappa shape index (κ3) is 6.67. The summed E-state index contributed by atoms with van der Waals surface area (Å²) >= 11 is 0. The van der Waals surface area contributed by atoms with Gasteiger partial charge in [-0.15, -0.1) is 12.5 Å². The second-order valence-corrected chi connectivity index (χ2v) is 5.36. The highest BCUT2D eigenvalue weighted by molar-refractivity contribution is 5.14. The van der Waals surface area contributed by atoms with E-state index in [1.807, 2.05) is 13.0 Å². The standard InChI is InChI=1S/C17H28O/c1-6-8-9-10-13-16(18)17(5,7-2)14-11-12-15(3)4/h7,12,16,18H,2,6,8-9,11,14H2,1,3-5H3/t16-,17-/m1/s1. The third-order valence-corrected chi connectivity index (χ3v) is 3.22. The highest BCUT2D eigenvalue weighted by atomic mass is 16.3. The Hall–Kier alpha value is -1.00. The molecule has 0 aliphatic carbocycles. The Morgan fingerprint density at radius 1 is 1.44 bits per heavy atom. The molecule has 0 unspecified atom stereocenters. The SMILES string of the molecule is C=C[C@](C)(CCC=C(C)C)[C@H](O)C#CCCCC. The van der Waals surface area contributed by atoms with Gasteiger partial charge in [-0.3, -0.25) is 0 Å². The van der Waals surface area contributed by atoms with Crippen molar-refractivity contribution in [2.45, 2.75) is 65.9 Å². The Kier molecular flexibility index (Phi) is 8.50. The van der Waals surface area contributed by atoms with Crippen LogP contribution >= 0.6 is 0 Å². The molecule has 0 aliphatic rings. The molecule has 0 aromatic heterocycles. The van der Waals surface area contributed by atoms with E-state index in [2.05, 4.69) is 45.3 Å². The van der Waals surface area contributed by atoms with Gasteiger partial charge in [-0.1, -0.05) is 43.9 Å². The number of aliphatic hydroxyl groups is 1. The lowest BCUT2D eigenvalue weighted by molar-refractivity contribution is 0.115. The number of rotatable bonds is 7. The summed E-state index contributed by atoms with van der Waals surface area (Å²) in [6.07, 6.45) is 8.37. The van der Waals surface area contributed by atoms with Gasteiger partial charge < -0.3 is 5.11 Å². The van der Waals surface area contributed by atoms with Crippen molar-refractivity contribution < 1.29 is 5.11 Å². The second kappa shape index (κ2) is 9.00. The first-order chi connectivity index (χ1) is 8.46. The van der Waals surface area contributed by atoms with Crippen molar-refractivity contribution in [2.75, 3.05) is 0 Å². The first kappa shape index (κ1) is 17.0. The lowest BCUT2D eigenvalue weighted by Crippen LogP contribution is -2.28. The molecule has 0 rings (SSSR count). The van der Waals surface area contributed by atoms with Crippen LogP contribution in [0, 0.1) is 17.3 Å². The molecule has 102 valence electrons. The minimum absolute atomic E-state index is 0.314. The van der Waals surface area contributed by atoms with Crippen molar-refractivity contribution in [3.63, 3.8) is 0 Å². The number of aliphatic hydroxyl groups excluding tert-OH is 1. The van der Waals surface area contributed by atoms with E-state index >= 15 is 0 Å². The molecule has 0 fully saturated rings. The van der Waals surface area contributed by atoms with Gasteiger partial charge in [0.1, 0.15) is 6.10 Å². The molecular weight excluding hydrogens is 220 g/mol. The van der Waals surface area contributed by atoms with Crippen LogP contribution in [0.2, 0.25) is 0 Å². The predicted octanol–water partition coefficient (Wildman–Crippen LogP) is 4.48. The van der Waals surface area contributed by atoms with E-state index in [1.54, 1.807) is 0 Å². The number of hydrogen-bond donors (Lipinski definition) is 1. The van der Waals surface area contributed by atoms with E-state index in [0.717, 1.165) is 32.1 Å². The van der Waals surface area contributed by atoms with Crippen molar-refractivity contribution in [3.05, 3.63) is 24.3 Å². The van der Waals surface area contributed by atoms with Crippen molar-refractivity contribution >= 4 is 0 Å². The Labute approximate surface area is 113 Å². The smallest absolute Gasteiger partial charge is 0.123 e. The van der Waals surface area contributed by atoms with Crippen LogP contribution in [-0.2, 0) is 0 Å². The molecule has 0 amide bonds. The third-order valence-electron chi connectivity index (χ3n) is 3.22. The Morgan fingerprint density at radius 3 is 2.61 bits per heavy atom. The number of unbranched alkanes of at least 4 members (excludes halogenated alkanes) is 2. The van der Waals surface area contributed by atoms with Crippen molar-refractivity contribution in [2.24, 2.45) is 5.41 Å². The Bertz CT molecular complexity index is 325. The fourth-order valence-electron chi connectivity index (χ4n) is 1.62. The zero-order valence-corrected chi connectivity index (χ0v) is 12.4. The highest BCUT2D eigenvalue weighted by Crippen LogP contribution is 2.29.